The van der Waals surface area contributed by atoms with Crippen molar-refractivity contribution in [2.24, 2.45) is 0 Å². The summed E-state index contributed by atoms with van der Waals surface area (Å²) in [5.41, 5.74) is 8.10. The molecule has 0 saturated carbocycles. The number of nitrogens with two attached hydrogens (primary N) is 1. The minimum absolute atomic E-state index is 0.596. The van der Waals surface area contributed by atoms with Gasteiger partial charge < -0.3 is 19.8 Å². The zero-order valence-electron chi connectivity index (χ0n) is 11.3. The van der Waals surface area contributed by atoms with Crippen molar-refractivity contribution in [3.63, 3.8) is 0 Å². The zero-order chi connectivity index (χ0) is 13.5. The van der Waals surface area contributed by atoms with Gasteiger partial charge in [-0.05, 0) is 18.2 Å². The summed E-state index contributed by atoms with van der Waals surface area (Å²) in [5.74, 6) is 0. The van der Waals surface area contributed by atoms with Crippen LogP contribution in [-0.4, -0.2) is 55.3 Å². The van der Waals surface area contributed by atoms with Gasteiger partial charge in [-0.15, -0.1) is 0 Å². The summed E-state index contributed by atoms with van der Waals surface area (Å²) in [4.78, 5) is 9.17. The molecule has 2 aliphatic rings. The van der Waals surface area contributed by atoms with Crippen LogP contribution in [0, 0.1) is 0 Å². The lowest BCUT2D eigenvalue weighted by Crippen LogP contribution is -2.61. The van der Waals surface area contributed by atoms with Gasteiger partial charge in [0.25, 0.3) is 6.01 Å². The van der Waals surface area contributed by atoms with E-state index in [1.54, 1.807) is 0 Å². The van der Waals surface area contributed by atoms with Crippen LogP contribution < -0.4 is 10.6 Å². The largest absolute Gasteiger partial charge is 0.423 e. The van der Waals surface area contributed by atoms with Crippen molar-refractivity contribution in [1.82, 2.24) is 9.88 Å². The number of fused-ring (bicyclic) bond motifs is 1. The second kappa shape index (κ2) is 4.64. The molecule has 0 spiro atoms. The van der Waals surface area contributed by atoms with E-state index in [9.17, 15) is 0 Å². The van der Waals surface area contributed by atoms with Crippen LogP contribution in [0.3, 0.4) is 0 Å². The van der Waals surface area contributed by atoms with E-state index in [2.05, 4.69) is 14.8 Å². The molecule has 0 amide bonds. The Kier molecular flexibility index (Phi) is 2.78. The first-order valence-electron chi connectivity index (χ1n) is 7.02. The van der Waals surface area contributed by atoms with E-state index >= 15 is 0 Å². The predicted molar refractivity (Wildman–Crippen MR) is 76.8 cm³/mol. The first-order valence-corrected chi connectivity index (χ1v) is 7.02. The van der Waals surface area contributed by atoms with E-state index in [-0.39, 0.29) is 0 Å². The van der Waals surface area contributed by atoms with Crippen molar-refractivity contribution in [3.05, 3.63) is 18.2 Å². The highest BCUT2D eigenvalue weighted by molar-refractivity contribution is 5.78. The minimum Gasteiger partial charge on any atom is -0.423 e. The average molecular weight is 274 g/mol. The van der Waals surface area contributed by atoms with Crippen LogP contribution in [0.4, 0.5) is 11.7 Å². The van der Waals surface area contributed by atoms with Gasteiger partial charge in [0, 0.05) is 37.9 Å². The molecule has 2 aromatic rings. The Bertz CT molecular complexity index is 615. The van der Waals surface area contributed by atoms with Gasteiger partial charge in [0.15, 0.2) is 5.58 Å². The summed E-state index contributed by atoms with van der Waals surface area (Å²) < 4.78 is 11.2. The quantitative estimate of drug-likeness (QED) is 0.822. The van der Waals surface area contributed by atoms with Crippen molar-refractivity contribution in [1.29, 1.82) is 0 Å². The molecule has 1 aromatic carbocycles. The summed E-state index contributed by atoms with van der Waals surface area (Å²) in [6, 6.07) is 6.86. The number of oxazole rings is 1. The number of hydrogen-bond acceptors (Lipinski definition) is 6. The molecule has 106 valence electrons. The highest BCUT2D eigenvalue weighted by Crippen LogP contribution is 2.28. The van der Waals surface area contributed by atoms with Gasteiger partial charge in [-0.3, -0.25) is 4.90 Å². The lowest BCUT2D eigenvalue weighted by Gasteiger charge is -2.45. The fourth-order valence-corrected chi connectivity index (χ4v) is 2.85. The molecule has 2 fully saturated rings. The third-order valence-corrected chi connectivity index (χ3v) is 4.10. The molecule has 6 nitrogen and oxygen atoms in total. The number of anilines is 2. The molecule has 0 atom stereocenters. The maximum atomic E-state index is 5.78. The number of morpholine rings is 1. The van der Waals surface area contributed by atoms with Gasteiger partial charge in [-0.2, -0.15) is 4.98 Å². The van der Waals surface area contributed by atoms with Gasteiger partial charge in [0.2, 0.25) is 0 Å². The molecule has 0 aliphatic carbocycles. The fourth-order valence-electron chi connectivity index (χ4n) is 2.85. The van der Waals surface area contributed by atoms with Gasteiger partial charge in [-0.25, -0.2) is 0 Å². The van der Waals surface area contributed by atoms with Gasteiger partial charge >= 0.3 is 0 Å². The van der Waals surface area contributed by atoms with E-state index in [0.717, 1.165) is 50.5 Å². The smallest absolute Gasteiger partial charge is 0.298 e. The predicted octanol–water partition coefficient (Wildman–Crippen LogP) is 0.931. The molecular weight excluding hydrogens is 256 g/mol. The third-order valence-electron chi connectivity index (χ3n) is 4.10. The number of hydrogen-bond donors (Lipinski definition) is 1. The van der Waals surface area contributed by atoms with Crippen LogP contribution >= 0.6 is 0 Å². The third kappa shape index (κ3) is 2.01. The molecule has 0 bridgehead atoms. The normalized spacial score (nSPS) is 21.3. The molecule has 6 heteroatoms. The topological polar surface area (TPSA) is 67.8 Å². The monoisotopic (exact) mass is 274 g/mol. The van der Waals surface area contributed by atoms with Crippen molar-refractivity contribution in [3.8, 4) is 0 Å². The summed E-state index contributed by atoms with van der Waals surface area (Å²) in [6.45, 7) is 5.70. The molecule has 1 aromatic heterocycles. The first-order chi connectivity index (χ1) is 9.79. The Hall–Kier alpha value is -1.79. The van der Waals surface area contributed by atoms with E-state index in [1.807, 2.05) is 18.2 Å². The summed E-state index contributed by atoms with van der Waals surface area (Å²) in [7, 11) is 0. The SMILES string of the molecule is Nc1ccc2oc(N3CC(N4CCOCC4)C3)nc2c1. The number of benzene rings is 1. The summed E-state index contributed by atoms with van der Waals surface area (Å²) in [6.07, 6.45) is 0. The minimum atomic E-state index is 0.596. The molecule has 0 unspecified atom stereocenters. The molecule has 20 heavy (non-hydrogen) atoms. The van der Waals surface area contributed by atoms with E-state index in [1.165, 1.54) is 0 Å². The zero-order valence-corrected chi connectivity index (χ0v) is 11.3. The van der Waals surface area contributed by atoms with Crippen LogP contribution in [0.2, 0.25) is 0 Å². The Labute approximate surface area is 117 Å². The summed E-state index contributed by atoms with van der Waals surface area (Å²) in [5, 5.41) is 0. The molecule has 2 N–H and O–H groups in total. The standard InChI is InChI=1S/C14H18N4O2/c15-10-1-2-13-12(7-10)16-14(20-13)18-8-11(9-18)17-3-5-19-6-4-17/h1-2,7,11H,3-6,8-9,15H2. The number of nitrogen functional groups attached to an aromatic ring is 1. The number of aromatic nitrogens is 1. The molecule has 4 rings (SSSR count). The molecule has 3 heterocycles. The van der Waals surface area contributed by atoms with Crippen LogP contribution in [0.25, 0.3) is 11.1 Å². The maximum Gasteiger partial charge on any atom is 0.298 e. The van der Waals surface area contributed by atoms with Crippen LogP contribution in [0.15, 0.2) is 22.6 Å². The Balaban J connectivity index is 1.46. The second-order valence-corrected chi connectivity index (χ2v) is 5.43. The Morgan fingerprint density at radius 1 is 1.20 bits per heavy atom. The van der Waals surface area contributed by atoms with E-state index in [0.29, 0.717) is 17.7 Å². The van der Waals surface area contributed by atoms with Gasteiger partial charge in [-0.1, -0.05) is 0 Å². The van der Waals surface area contributed by atoms with Gasteiger partial charge in [0.1, 0.15) is 5.52 Å². The molecule has 2 saturated heterocycles. The van der Waals surface area contributed by atoms with E-state index < -0.39 is 0 Å². The summed E-state index contributed by atoms with van der Waals surface area (Å²) >= 11 is 0. The van der Waals surface area contributed by atoms with Crippen molar-refractivity contribution < 1.29 is 9.15 Å². The highest BCUT2D eigenvalue weighted by atomic mass is 16.5. The fraction of sp³-hybridized carbons (Fsp3) is 0.500. The Morgan fingerprint density at radius 2 is 2.00 bits per heavy atom. The average Bonchev–Trinajstić information content (AvgIpc) is 2.80. The van der Waals surface area contributed by atoms with Crippen LogP contribution in [-0.2, 0) is 4.74 Å². The highest BCUT2D eigenvalue weighted by Gasteiger charge is 2.34. The van der Waals surface area contributed by atoms with Crippen LogP contribution in [0.5, 0.6) is 0 Å². The number of ether oxygens (including phenoxy) is 1. The van der Waals surface area contributed by atoms with Gasteiger partial charge in [0.05, 0.1) is 13.2 Å². The Morgan fingerprint density at radius 3 is 2.80 bits per heavy atom. The van der Waals surface area contributed by atoms with Crippen molar-refractivity contribution in [2.75, 3.05) is 50.0 Å². The number of nitrogens with zero attached hydrogens (tertiary/aromatic N) is 3. The molecular formula is C14H18N4O2. The first kappa shape index (κ1) is 12.0. The molecule has 0 radical (unpaired) electrons. The second-order valence-electron chi connectivity index (χ2n) is 5.43. The number of rotatable bonds is 2. The lowest BCUT2D eigenvalue weighted by molar-refractivity contribution is 0.00988. The molecule has 2 aliphatic heterocycles. The lowest BCUT2D eigenvalue weighted by atomic mass is 10.1. The van der Waals surface area contributed by atoms with E-state index in [4.69, 9.17) is 14.9 Å². The maximum absolute atomic E-state index is 5.78. The van der Waals surface area contributed by atoms with Crippen molar-refractivity contribution in [2.45, 2.75) is 6.04 Å². The van der Waals surface area contributed by atoms with Crippen LogP contribution in [0.1, 0.15) is 0 Å². The van der Waals surface area contributed by atoms with Crippen molar-refractivity contribution >= 4 is 22.8 Å².